The van der Waals surface area contributed by atoms with Crippen LogP contribution in [0.4, 0.5) is 8.78 Å². The highest BCUT2D eigenvalue weighted by atomic mass is 79.9. The lowest BCUT2D eigenvalue weighted by Gasteiger charge is -2.41. The highest BCUT2D eigenvalue weighted by Gasteiger charge is 2.37. The smallest absolute Gasteiger partial charge is 0.305 e. The molecule has 1 heterocycles. The summed E-state index contributed by atoms with van der Waals surface area (Å²) in [5.41, 5.74) is 7.50. The summed E-state index contributed by atoms with van der Waals surface area (Å²) in [5, 5.41) is 26.2. The Morgan fingerprint density at radius 2 is 1.63 bits per heavy atom. The molecule has 0 saturated heterocycles. The van der Waals surface area contributed by atoms with E-state index in [2.05, 4.69) is 31.9 Å². The van der Waals surface area contributed by atoms with Gasteiger partial charge in [-0.1, -0.05) is 67.0 Å². The molecule has 7 N–H and O–H groups in total. The molecule has 0 saturated carbocycles. The topological polar surface area (TPSA) is 196 Å². The van der Waals surface area contributed by atoms with Gasteiger partial charge in [-0.25, -0.2) is 8.78 Å². The molecule has 0 aliphatic heterocycles. The number of aliphatic carboxylic acids is 1. The van der Waals surface area contributed by atoms with Gasteiger partial charge in [-0.2, -0.15) is 0 Å². The van der Waals surface area contributed by atoms with Gasteiger partial charge < -0.3 is 41.4 Å². The summed E-state index contributed by atoms with van der Waals surface area (Å²) >= 11 is 2.94. The van der Waals surface area contributed by atoms with E-state index in [1.807, 2.05) is 55.7 Å². The maximum Gasteiger partial charge on any atom is 0.305 e. The second-order valence-corrected chi connectivity index (χ2v) is 14.3. The van der Waals surface area contributed by atoms with E-state index >= 15 is 0 Å². The van der Waals surface area contributed by atoms with Gasteiger partial charge in [0.2, 0.25) is 23.6 Å². The number of nitrogens with two attached hydrogens (primary N) is 1. The molecular formula is C36H45BrF2N6O7. The minimum atomic E-state index is -1.18. The Balaban J connectivity index is 1.74. The van der Waals surface area contributed by atoms with E-state index in [1.165, 1.54) is 4.90 Å². The summed E-state index contributed by atoms with van der Waals surface area (Å²) in [4.78, 5) is 61.3. The van der Waals surface area contributed by atoms with Crippen LogP contribution in [-0.4, -0.2) is 92.9 Å². The van der Waals surface area contributed by atoms with E-state index in [-0.39, 0.29) is 31.6 Å². The Kier molecular flexibility index (Phi) is 15.5. The van der Waals surface area contributed by atoms with E-state index in [9.17, 15) is 37.9 Å². The molecule has 0 radical (unpaired) electrons. The maximum atomic E-state index is 15.0. The number of alkyl halides is 1. The molecule has 0 aliphatic rings. The second kappa shape index (κ2) is 19.2. The number of rotatable bonds is 18. The van der Waals surface area contributed by atoms with Gasteiger partial charge in [0.1, 0.15) is 23.1 Å². The van der Waals surface area contributed by atoms with Crippen molar-refractivity contribution in [2.45, 2.75) is 57.1 Å². The summed E-state index contributed by atoms with van der Waals surface area (Å²) in [6.07, 6.45) is 1.24. The van der Waals surface area contributed by atoms with Crippen molar-refractivity contribution < 1.29 is 43.0 Å². The second-order valence-electron chi connectivity index (χ2n) is 13.2. The minimum Gasteiger partial charge on any atom is -0.481 e. The number of hydrogen-bond acceptors (Lipinski definition) is 7. The first kappa shape index (κ1) is 41.7. The number of carboxylic acids is 1. The average molecular weight is 792 g/mol. The van der Waals surface area contributed by atoms with Crippen molar-refractivity contribution in [1.82, 2.24) is 25.4 Å². The zero-order chi connectivity index (χ0) is 38.6. The summed E-state index contributed by atoms with van der Waals surface area (Å²) in [5.74, 6) is -4.82. The normalized spacial score (nSPS) is 13.1. The predicted octanol–water partition coefficient (Wildman–Crippen LogP) is 2.69. The third kappa shape index (κ3) is 12.2. The summed E-state index contributed by atoms with van der Waals surface area (Å²) in [7, 11) is 0. The average Bonchev–Trinajstić information content (AvgIpc) is 3.49. The molecule has 1 aromatic heterocycles. The Bertz CT molecular complexity index is 1720. The fourth-order valence-electron chi connectivity index (χ4n) is 5.62. The maximum absolute atomic E-state index is 15.0. The van der Waals surface area contributed by atoms with Crippen molar-refractivity contribution in [2.75, 3.05) is 32.8 Å². The van der Waals surface area contributed by atoms with E-state index < -0.39 is 83.1 Å². The molecule has 282 valence electrons. The van der Waals surface area contributed by atoms with Gasteiger partial charge in [-0.15, -0.1) is 0 Å². The van der Waals surface area contributed by atoms with E-state index in [0.29, 0.717) is 17.8 Å². The van der Waals surface area contributed by atoms with Crippen LogP contribution in [0, 0.1) is 17.0 Å². The lowest BCUT2D eigenvalue weighted by molar-refractivity contribution is -0.140. The third-order valence-electron chi connectivity index (χ3n) is 8.06. The van der Waals surface area contributed by atoms with Crippen LogP contribution in [0.2, 0.25) is 0 Å². The SMILES string of the molecule is CC(C)(C)[C@H](c1cc(-c2cc(F)ccc2F)cn1Cc1ccccc1)N(CC[C@H](N)C(=O)NCCNC(=O)CNC(=O)[C@@H](Br)CC(=O)O)C(=O)CO. The molecule has 0 bridgehead atoms. The van der Waals surface area contributed by atoms with Crippen LogP contribution in [0.5, 0.6) is 0 Å². The number of aliphatic hydroxyl groups excluding tert-OH is 1. The van der Waals surface area contributed by atoms with Crippen LogP contribution in [-0.2, 0) is 30.5 Å². The number of benzene rings is 2. The van der Waals surface area contributed by atoms with Crippen molar-refractivity contribution in [3.63, 3.8) is 0 Å². The first-order valence-electron chi connectivity index (χ1n) is 16.5. The molecule has 16 heteroatoms. The molecule has 52 heavy (non-hydrogen) atoms. The van der Waals surface area contributed by atoms with Crippen molar-refractivity contribution in [3.05, 3.63) is 83.7 Å². The van der Waals surface area contributed by atoms with Crippen LogP contribution in [0.15, 0.2) is 60.8 Å². The van der Waals surface area contributed by atoms with Crippen molar-refractivity contribution >= 4 is 45.5 Å². The number of carboxylic acid groups (broad SMARTS) is 1. The lowest BCUT2D eigenvalue weighted by Crippen LogP contribution is -2.48. The van der Waals surface area contributed by atoms with Crippen LogP contribution >= 0.6 is 15.9 Å². The minimum absolute atomic E-state index is 0.00260. The number of halogens is 3. The number of nitrogens with one attached hydrogen (secondary N) is 3. The van der Waals surface area contributed by atoms with Gasteiger partial charge >= 0.3 is 5.97 Å². The molecule has 0 spiro atoms. The number of aliphatic hydroxyl groups is 1. The Morgan fingerprint density at radius 3 is 2.27 bits per heavy atom. The summed E-state index contributed by atoms with van der Waals surface area (Å²) in [6.45, 7) is 4.79. The molecule has 4 amide bonds. The van der Waals surface area contributed by atoms with E-state index in [4.69, 9.17) is 10.8 Å². The standard InChI is InChI=1S/C36H45BrF2N6O7/c1-36(2,3)33(29-15-23(25-16-24(38)9-10-27(25)39)20-44(29)19-22-7-5-4-6-8-22)45(31(48)21-46)14-11-28(40)35(52)42-13-12-41-30(47)18-43-34(51)26(37)17-32(49)50/h4-10,15-16,20,26,28,33,46H,11-14,17-19,21,40H2,1-3H3,(H,41,47)(H,42,52)(H,43,51)(H,49,50)/t26-,28-,33-/m0/s1. The largest absolute Gasteiger partial charge is 0.481 e. The molecule has 2 aromatic carbocycles. The molecule has 0 aliphatic carbocycles. The Hall–Kier alpha value is -4.67. The molecular weight excluding hydrogens is 746 g/mol. The van der Waals surface area contributed by atoms with E-state index in [0.717, 1.165) is 23.8 Å². The number of hydrogen-bond donors (Lipinski definition) is 6. The van der Waals surface area contributed by atoms with Gasteiger partial charge in [-0.05, 0) is 41.7 Å². The van der Waals surface area contributed by atoms with Crippen molar-refractivity contribution in [3.8, 4) is 11.1 Å². The predicted molar refractivity (Wildman–Crippen MR) is 193 cm³/mol. The van der Waals surface area contributed by atoms with Gasteiger partial charge in [0.15, 0.2) is 0 Å². The Labute approximate surface area is 309 Å². The first-order valence-corrected chi connectivity index (χ1v) is 17.5. The van der Waals surface area contributed by atoms with Gasteiger partial charge in [0.05, 0.1) is 25.0 Å². The van der Waals surface area contributed by atoms with Crippen LogP contribution in [0.1, 0.15) is 50.9 Å². The molecule has 0 fully saturated rings. The number of nitrogens with zero attached hydrogens (tertiary/aromatic N) is 2. The van der Waals surface area contributed by atoms with Gasteiger partial charge in [-0.3, -0.25) is 24.0 Å². The number of carbonyl (C=O) groups is 5. The number of aromatic nitrogens is 1. The monoisotopic (exact) mass is 790 g/mol. The zero-order valence-electron chi connectivity index (χ0n) is 29.2. The van der Waals surface area contributed by atoms with Crippen molar-refractivity contribution in [1.29, 1.82) is 0 Å². The first-order chi connectivity index (χ1) is 24.5. The summed E-state index contributed by atoms with van der Waals surface area (Å²) < 4.78 is 31.1. The molecule has 0 unspecified atom stereocenters. The van der Waals surface area contributed by atoms with Crippen LogP contribution in [0.3, 0.4) is 0 Å². The van der Waals surface area contributed by atoms with Crippen LogP contribution in [0.25, 0.3) is 11.1 Å². The van der Waals surface area contributed by atoms with Gasteiger partial charge in [0, 0.05) is 49.2 Å². The van der Waals surface area contributed by atoms with Crippen LogP contribution < -0.4 is 21.7 Å². The summed E-state index contributed by atoms with van der Waals surface area (Å²) in [6, 6.07) is 12.6. The fraction of sp³-hybridized carbons (Fsp3) is 0.417. The van der Waals surface area contributed by atoms with Crippen molar-refractivity contribution in [2.24, 2.45) is 11.1 Å². The molecule has 3 atom stereocenters. The highest BCUT2D eigenvalue weighted by molar-refractivity contribution is 9.10. The quantitative estimate of drug-likeness (QED) is 0.0836. The fourth-order valence-corrected chi connectivity index (χ4v) is 6.05. The van der Waals surface area contributed by atoms with E-state index in [1.54, 1.807) is 12.3 Å². The zero-order valence-corrected chi connectivity index (χ0v) is 30.8. The number of carbonyl (C=O) groups excluding carboxylic acids is 4. The Morgan fingerprint density at radius 1 is 0.962 bits per heavy atom. The number of amides is 4. The third-order valence-corrected chi connectivity index (χ3v) is 8.80. The molecule has 3 rings (SSSR count). The molecule has 3 aromatic rings. The molecule has 13 nitrogen and oxygen atoms in total. The van der Waals surface area contributed by atoms with Gasteiger partial charge in [0.25, 0.3) is 0 Å². The lowest BCUT2D eigenvalue weighted by atomic mass is 9.82. The highest BCUT2D eigenvalue weighted by Crippen LogP contribution is 2.41.